The number of hydrogen-bond acceptors (Lipinski definition) is 2. The van der Waals surface area contributed by atoms with Gasteiger partial charge in [-0.1, -0.05) is 44.4 Å². The van der Waals surface area contributed by atoms with Crippen LogP contribution in [0.25, 0.3) is 0 Å². The fraction of sp³-hybridized carbons (Fsp3) is 0.625. The van der Waals surface area contributed by atoms with Gasteiger partial charge in [0.1, 0.15) is 0 Å². The number of aliphatic hydroxyl groups excluding tert-OH is 1. The van der Waals surface area contributed by atoms with Gasteiger partial charge >= 0.3 is 0 Å². The number of piperidine rings is 1. The summed E-state index contributed by atoms with van der Waals surface area (Å²) in [6, 6.07) is 5.87. The molecule has 0 unspecified atom stereocenters. The van der Waals surface area contributed by atoms with Crippen molar-refractivity contribution in [2.24, 2.45) is 5.41 Å². The minimum atomic E-state index is 0.0504. The highest BCUT2D eigenvalue weighted by molar-refractivity contribution is 6.33. The third-order valence-corrected chi connectivity index (χ3v) is 5.16. The summed E-state index contributed by atoms with van der Waals surface area (Å²) in [7, 11) is 0. The maximum absolute atomic E-state index is 9.12. The number of aliphatic hydroxyl groups is 1. The van der Waals surface area contributed by atoms with E-state index in [1.54, 1.807) is 0 Å². The van der Waals surface area contributed by atoms with Crippen LogP contribution in [0.3, 0.4) is 0 Å². The largest absolute Gasteiger partial charge is 0.392 e. The Hall–Kier alpha value is -0.730. The van der Waals surface area contributed by atoms with Crippen molar-refractivity contribution in [3.63, 3.8) is 0 Å². The molecule has 2 nitrogen and oxygen atoms in total. The van der Waals surface area contributed by atoms with Crippen LogP contribution in [0.15, 0.2) is 18.2 Å². The Morgan fingerprint density at radius 2 is 1.84 bits per heavy atom. The topological polar surface area (TPSA) is 23.5 Å². The predicted octanol–water partition coefficient (Wildman–Crippen LogP) is 4.24. The van der Waals surface area contributed by atoms with E-state index in [4.69, 9.17) is 16.7 Å². The van der Waals surface area contributed by atoms with E-state index in [2.05, 4.69) is 18.7 Å². The van der Waals surface area contributed by atoms with Crippen LogP contribution in [0.2, 0.25) is 5.02 Å². The van der Waals surface area contributed by atoms with Crippen molar-refractivity contribution in [1.82, 2.24) is 0 Å². The van der Waals surface area contributed by atoms with E-state index in [1.807, 2.05) is 18.2 Å². The molecule has 1 heterocycles. The van der Waals surface area contributed by atoms with Crippen LogP contribution in [-0.2, 0) is 6.61 Å². The molecule has 0 bridgehead atoms. The van der Waals surface area contributed by atoms with Gasteiger partial charge in [0, 0.05) is 13.1 Å². The molecule has 1 aromatic carbocycles. The molecule has 1 aliphatic rings. The van der Waals surface area contributed by atoms with Gasteiger partial charge in [-0.25, -0.2) is 0 Å². The third-order valence-electron chi connectivity index (χ3n) is 4.86. The van der Waals surface area contributed by atoms with Gasteiger partial charge in [-0.3, -0.25) is 0 Å². The Kier molecular flexibility index (Phi) is 4.75. The highest BCUT2D eigenvalue weighted by atomic mass is 35.5. The summed E-state index contributed by atoms with van der Waals surface area (Å²) in [5, 5.41) is 9.88. The van der Waals surface area contributed by atoms with Crippen molar-refractivity contribution in [1.29, 1.82) is 0 Å². The highest BCUT2D eigenvalue weighted by Crippen LogP contribution is 2.40. The van der Waals surface area contributed by atoms with E-state index >= 15 is 0 Å². The summed E-state index contributed by atoms with van der Waals surface area (Å²) in [6.07, 6.45) is 5.04. The first kappa shape index (κ1) is 14.7. The van der Waals surface area contributed by atoms with Gasteiger partial charge in [0.05, 0.1) is 17.3 Å². The second-order valence-electron chi connectivity index (χ2n) is 5.64. The Bertz CT molecular complexity index is 419. The molecule has 0 amide bonds. The molecule has 19 heavy (non-hydrogen) atoms. The zero-order valence-electron chi connectivity index (χ0n) is 12.0. The summed E-state index contributed by atoms with van der Waals surface area (Å²) in [4.78, 5) is 2.38. The van der Waals surface area contributed by atoms with Crippen molar-refractivity contribution < 1.29 is 5.11 Å². The average molecular weight is 282 g/mol. The summed E-state index contributed by atoms with van der Waals surface area (Å²) in [5.74, 6) is 0. The van der Waals surface area contributed by atoms with E-state index in [9.17, 15) is 0 Å². The Labute approximate surface area is 121 Å². The minimum Gasteiger partial charge on any atom is -0.392 e. The lowest BCUT2D eigenvalue weighted by molar-refractivity contribution is 0.199. The van der Waals surface area contributed by atoms with E-state index in [0.717, 1.165) is 29.4 Å². The maximum atomic E-state index is 9.12. The van der Waals surface area contributed by atoms with Crippen molar-refractivity contribution >= 4 is 17.3 Å². The molecular formula is C16H24ClNO. The minimum absolute atomic E-state index is 0.0504. The molecule has 0 radical (unpaired) electrons. The molecule has 0 aliphatic carbocycles. The van der Waals surface area contributed by atoms with E-state index < -0.39 is 0 Å². The molecule has 1 saturated heterocycles. The van der Waals surface area contributed by atoms with Crippen LogP contribution in [0.1, 0.15) is 45.1 Å². The number of halogens is 1. The summed E-state index contributed by atoms with van der Waals surface area (Å²) in [5.41, 5.74) is 2.52. The number of benzene rings is 1. The first-order valence-corrected chi connectivity index (χ1v) is 7.66. The Morgan fingerprint density at radius 3 is 2.32 bits per heavy atom. The van der Waals surface area contributed by atoms with Crippen LogP contribution in [0, 0.1) is 5.41 Å². The maximum Gasteiger partial charge on any atom is 0.0682 e. The van der Waals surface area contributed by atoms with Crippen molar-refractivity contribution in [2.75, 3.05) is 18.0 Å². The van der Waals surface area contributed by atoms with Crippen LogP contribution in [0.5, 0.6) is 0 Å². The SMILES string of the molecule is CCC1(CC)CCN(c2ccc(CO)cc2Cl)CC1. The van der Waals surface area contributed by atoms with Gasteiger partial charge in [0.2, 0.25) is 0 Å². The monoisotopic (exact) mass is 281 g/mol. The van der Waals surface area contributed by atoms with E-state index in [0.29, 0.717) is 5.41 Å². The third kappa shape index (κ3) is 3.06. The molecule has 3 heteroatoms. The molecule has 1 fully saturated rings. The number of anilines is 1. The zero-order chi connectivity index (χ0) is 13.9. The molecule has 106 valence electrons. The molecule has 1 N–H and O–H groups in total. The first-order valence-electron chi connectivity index (χ1n) is 7.28. The number of rotatable bonds is 4. The molecule has 0 spiro atoms. The number of nitrogens with zero attached hydrogens (tertiary/aromatic N) is 1. The highest BCUT2D eigenvalue weighted by Gasteiger charge is 2.31. The van der Waals surface area contributed by atoms with Crippen molar-refractivity contribution in [3.8, 4) is 0 Å². The van der Waals surface area contributed by atoms with Gasteiger partial charge in [-0.2, -0.15) is 0 Å². The lowest BCUT2D eigenvalue weighted by atomic mass is 9.74. The molecule has 0 saturated carbocycles. The van der Waals surface area contributed by atoms with Gasteiger partial charge in [-0.05, 0) is 36.0 Å². The van der Waals surface area contributed by atoms with Gasteiger partial charge in [-0.15, -0.1) is 0 Å². The zero-order valence-corrected chi connectivity index (χ0v) is 12.7. The smallest absolute Gasteiger partial charge is 0.0682 e. The standard InChI is InChI=1S/C16H24ClNO/c1-3-16(4-2)7-9-18(10-8-16)15-6-5-13(12-19)11-14(15)17/h5-6,11,19H,3-4,7-10,12H2,1-2H3. The van der Waals surface area contributed by atoms with Crippen LogP contribution < -0.4 is 4.90 Å². The normalized spacial score (nSPS) is 18.6. The molecule has 1 aliphatic heterocycles. The predicted molar refractivity (Wildman–Crippen MR) is 81.8 cm³/mol. The second kappa shape index (κ2) is 6.15. The Balaban J connectivity index is 2.09. The number of hydrogen-bond donors (Lipinski definition) is 1. The summed E-state index contributed by atoms with van der Waals surface area (Å²) in [6.45, 7) is 6.83. The van der Waals surface area contributed by atoms with Crippen molar-refractivity contribution in [2.45, 2.75) is 46.1 Å². The summed E-state index contributed by atoms with van der Waals surface area (Å²) >= 11 is 6.33. The van der Waals surface area contributed by atoms with E-state index in [1.165, 1.54) is 25.7 Å². The Morgan fingerprint density at radius 1 is 1.21 bits per heavy atom. The lowest BCUT2D eigenvalue weighted by Gasteiger charge is -2.42. The lowest BCUT2D eigenvalue weighted by Crippen LogP contribution is -2.39. The van der Waals surface area contributed by atoms with Gasteiger partial charge in [0.25, 0.3) is 0 Å². The fourth-order valence-electron chi connectivity index (χ4n) is 3.08. The fourth-order valence-corrected chi connectivity index (χ4v) is 3.41. The molecule has 2 rings (SSSR count). The molecular weight excluding hydrogens is 258 g/mol. The van der Waals surface area contributed by atoms with Crippen LogP contribution in [0.4, 0.5) is 5.69 Å². The van der Waals surface area contributed by atoms with E-state index in [-0.39, 0.29) is 6.61 Å². The van der Waals surface area contributed by atoms with Crippen LogP contribution >= 0.6 is 11.6 Å². The molecule has 1 aromatic rings. The summed E-state index contributed by atoms with van der Waals surface area (Å²) < 4.78 is 0. The molecule has 0 aromatic heterocycles. The van der Waals surface area contributed by atoms with Gasteiger partial charge in [0.15, 0.2) is 0 Å². The first-order chi connectivity index (χ1) is 9.14. The molecule has 0 atom stereocenters. The quantitative estimate of drug-likeness (QED) is 0.892. The van der Waals surface area contributed by atoms with Crippen LogP contribution in [-0.4, -0.2) is 18.2 Å². The van der Waals surface area contributed by atoms with Gasteiger partial charge < -0.3 is 10.0 Å². The average Bonchev–Trinajstić information content (AvgIpc) is 2.47. The van der Waals surface area contributed by atoms with Crippen molar-refractivity contribution in [3.05, 3.63) is 28.8 Å². The second-order valence-corrected chi connectivity index (χ2v) is 6.05.